The molecule has 0 bridgehead atoms. The number of ketones is 1. The van der Waals surface area contributed by atoms with Gasteiger partial charge in [-0.25, -0.2) is 0 Å². The average Bonchev–Trinajstić information content (AvgIpc) is 2.66. The van der Waals surface area contributed by atoms with Crippen LogP contribution >= 0.6 is 11.8 Å². The van der Waals surface area contributed by atoms with Gasteiger partial charge in [-0.05, 0) is 49.6 Å². The topological polar surface area (TPSA) is 17.1 Å². The van der Waals surface area contributed by atoms with Gasteiger partial charge in [0.1, 0.15) is 0 Å². The van der Waals surface area contributed by atoms with Gasteiger partial charge in [0.25, 0.3) is 0 Å². The molecule has 1 aliphatic rings. The highest BCUT2D eigenvalue weighted by Gasteiger charge is 2.16. The summed E-state index contributed by atoms with van der Waals surface area (Å²) in [5, 5.41) is 0. The van der Waals surface area contributed by atoms with Crippen molar-refractivity contribution < 1.29 is 4.79 Å². The lowest BCUT2D eigenvalue weighted by Gasteiger charge is -2.08. The maximum absolute atomic E-state index is 12.5. The number of benzene rings is 1. The highest BCUT2D eigenvalue weighted by molar-refractivity contribution is 7.98. The summed E-state index contributed by atoms with van der Waals surface area (Å²) in [5.41, 5.74) is 1.89. The molecule has 0 aliphatic heterocycles. The van der Waals surface area contributed by atoms with Crippen LogP contribution in [-0.4, -0.2) is 12.0 Å². The molecule has 0 saturated carbocycles. The molecule has 0 amide bonds. The second kappa shape index (κ2) is 6.06. The van der Waals surface area contributed by atoms with Gasteiger partial charge in [-0.3, -0.25) is 4.79 Å². The first kappa shape index (κ1) is 12.4. The fraction of sp³-hybridized carbons (Fsp3) is 0.400. The smallest absolute Gasteiger partial charge is 0.189 e. The van der Waals surface area contributed by atoms with Crippen LogP contribution in [0.4, 0.5) is 0 Å². The van der Waals surface area contributed by atoms with E-state index in [0.717, 1.165) is 35.3 Å². The Morgan fingerprint density at radius 2 is 2.00 bits per heavy atom. The van der Waals surface area contributed by atoms with E-state index >= 15 is 0 Å². The summed E-state index contributed by atoms with van der Waals surface area (Å²) in [6.07, 6.45) is 9.79. The summed E-state index contributed by atoms with van der Waals surface area (Å²) in [4.78, 5) is 13.5. The van der Waals surface area contributed by atoms with E-state index in [2.05, 4.69) is 6.08 Å². The number of hydrogen-bond acceptors (Lipinski definition) is 2. The molecule has 0 saturated heterocycles. The molecule has 0 fully saturated rings. The van der Waals surface area contributed by atoms with Crippen molar-refractivity contribution in [1.29, 1.82) is 0 Å². The molecule has 0 N–H and O–H groups in total. The molecule has 1 aliphatic carbocycles. The van der Waals surface area contributed by atoms with Crippen LogP contribution in [-0.2, 0) is 0 Å². The Hall–Kier alpha value is -1.02. The molecular weight excluding hydrogens is 228 g/mol. The van der Waals surface area contributed by atoms with E-state index in [1.165, 1.54) is 12.8 Å². The number of hydrogen-bond donors (Lipinski definition) is 0. The molecule has 17 heavy (non-hydrogen) atoms. The van der Waals surface area contributed by atoms with Crippen LogP contribution < -0.4 is 0 Å². The van der Waals surface area contributed by atoms with Crippen molar-refractivity contribution in [2.45, 2.75) is 37.0 Å². The van der Waals surface area contributed by atoms with Crippen LogP contribution in [0.15, 0.2) is 40.8 Å². The van der Waals surface area contributed by atoms with E-state index in [9.17, 15) is 4.79 Å². The van der Waals surface area contributed by atoms with E-state index in [0.29, 0.717) is 0 Å². The number of Topliss-reactive ketones (excluding diaryl/α,β-unsaturated/α-hetero) is 1. The molecule has 1 aromatic carbocycles. The lowest BCUT2D eigenvalue weighted by atomic mass is 9.99. The van der Waals surface area contributed by atoms with Gasteiger partial charge in [0.2, 0.25) is 0 Å². The number of allylic oxidation sites excluding steroid dienone is 2. The van der Waals surface area contributed by atoms with Crippen LogP contribution in [0.3, 0.4) is 0 Å². The van der Waals surface area contributed by atoms with Crippen LogP contribution in [0.1, 0.15) is 42.5 Å². The molecule has 1 aromatic rings. The second-order valence-electron chi connectivity index (χ2n) is 4.36. The van der Waals surface area contributed by atoms with E-state index in [1.807, 2.05) is 30.5 Å². The lowest BCUT2D eigenvalue weighted by Crippen LogP contribution is -2.04. The third-order valence-electron chi connectivity index (χ3n) is 3.18. The van der Waals surface area contributed by atoms with Crippen molar-refractivity contribution in [3.63, 3.8) is 0 Å². The zero-order valence-corrected chi connectivity index (χ0v) is 11.1. The zero-order chi connectivity index (χ0) is 12.1. The normalized spacial score (nSPS) is 16.2. The molecule has 90 valence electrons. The minimum absolute atomic E-state index is 0.233. The Morgan fingerprint density at radius 3 is 2.82 bits per heavy atom. The average molecular weight is 246 g/mol. The van der Waals surface area contributed by atoms with Crippen molar-refractivity contribution in [3.8, 4) is 0 Å². The molecule has 1 nitrogen and oxygen atoms in total. The molecule has 0 aromatic heterocycles. The minimum atomic E-state index is 0.233. The molecule has 0 atom stereocenters. The molecule has 2 heteroatoms. The monoisotopic (exact) mass is 246 g/mol. The van der Waals surface area contributed by atoms with Crippen molar-refractivity contribution >= 4 is 17.5 Å². The van der Waals surface area contributed by atoms with Crippen LogP contribution in [0.25, 0.3) is 0 Å². The SMILES string of the molecule is CSc1ccccc1C(=O)C1=CCCCCC1. The van der Waals surface area contributed by atoms with Gasteiger partial charge in [-0.15, -0.1) is 11.8 Å². The van der Waals surface area contributed by atoms with Gasteiger partial charge < -0.3 is 0 Å². The second-order valence-corrected chi connectivity index (χ2v) is 5.21. The summed E-state index contributed by atoms with van der Waals surface area (Å²) in [7, 11) is 0. The number of carbonyl (C=O) groups is 1. The third kappa shape index (κ3) is 3.01. The highest BCUT2D eigenvalue weighted by atomic mass is 32.2. The molecule has 0 radical (unpaired) electrons. The maximum Gasteiger partial charge on any atom is 0.189 e. The summed E-state index contributed by atoms with van der Waals surface area (Å²) in [6, 6.07) is 7.91. The summed E-state index contributed by atoms with van der Waals surface area (Å²) in [5.74, 6) is 0.233. The maximum atomic E-state index is 12.5. The van der Waals surface area contributed by atoms with E-state index in [-0.39, 0.29) is 5.78 Å². The summed E-state index contributed by atoms with van der Waals surface area (Å²) >= 11 is 1.64. The quantitative estimate of drug-likeness (QED) is 0.577. The van der Waals surface area contributed by atoms with Crippen LogP contribution in [0.5, 0.6) is 0 Å². The Balaban J connectivity index is 2.26. The standard InChI is InChI=1S/C15H18OS/c1-17-14-11-7-6-10-13(14)15(16)12-8-4-2-3-5-9-12/h6-8,10-11H,2-5,9H2,1H3. The fourth-order valence-corrected chi connectivity index (χ4v) is 2.82. The largest absolute Gasteiger partial charge is 0.289 e. The Kier molecular flexibility index (Phi) is 4.43. The van der Waals surface area contributed by atoms with Crippen molar-refractivity contribution in [2.75, 3.05) is 6.26 Å². The fourth-order valence-electron chi connectivity index (χ4n) is 2.23. The molecular formula is C15H18OS. The van der Waals surface area contributed by atoms with E-state index < -0.39 is 0 Å². The van der Waals surface area contributed by atoms with Gasteiger partial charge in [0, 0.05) is 10.5 Å². The van der Waals surface area contributed by atoms with Crippen molar-refractivity contribution in [2.24, 2.45) is 0 Å². The van der Waals surface area contributed by atoms with Gasteiger partial charge in [-0.2, -0.15) is 0 Å². The minimum Gasteiger partial charge on any atom is -0.289 e. The van der Waals surface area contributed by atoms with Gasteiger partial charge >= 0.3 is 0 Å². The summed E-state index contributed by atoms with van der Waals surface area (Å²) < 4.78 is 0. The van der Waals surface area contributed by atoms with Crippen molar-refractivity contribution in [3.05, 3.63) is 41.5 Å². The Labute approximate surface area is 107 Å². The number of rotatable bonds is 3. The number of thioether (sulfide) groups is 1. The number of carbonyl (C=O) groups excluding carboxylic acids is 1. The molecule has 0 heterocycles. The summed E-state index contributed by atoms with van der Waals surface area (Å²) in [6.45, 7) is 0. The molecule has 0 unspecified atom stereocenters. The zero-order valence-electron chi connectivity index (χ0n) is 10.2. The highest BCUT2D eigenvalue weighted by Crippen LogP contribution is 2.26. The Morgan fingerprint density at radius 1 is 1.18 bits per heavy atom. The van der Waals surface area contributed by atoms with E-state index in [4.69, 9.17) is 0 Å². The van der Waals surface area contributed by atoms with Crippen molar-refractivity contribution in [1.82, 2.24) is 0 Å². The predicted molar refractivity (Wildman–Crippen MR) is 73.7 cm³/mol. The molecule has 2 rings (SSSR count). The van der Waals surface area contributed by atoms with Crippen LogP contribution in [0, 0.1) is 0 Å². The third-order valence-corrected chi connectivity index (χ3v) is 3.98. The Bertz CT molecular complexity index is 434. The first-order valence-corrected chi connectivity index (χ1v) is 7.42. The molecule has 0 spiro atoms. The van der Waals surface area contributed by atoms with Crippen LogP contribution in [0.2, 0.25) is 0 Å². The lowest BCUT2D eigenvalue weighted by molar-refractivity contribution is 0.102. The first-order valence-electron chi connectivity index (χ1n) is 6.19. The van der Waals surface area contributed by atoms with E-state index in [1.54, 1.807) is 11.8 Å². The van der Waals surface area contributed by atoms with Gasteiger partial charge in [0.05, 0.1) is 0 Å². The van der Waals surface area contributed by atoms with Gasteiger partial charge in [-0.1, -0.05) is 24.6 Å². The first-order chi connectivity index (χ1) is 8.33. The predicted octanol–water partition coefficient (Wildman–Crippen LogP) is 4.48. The van der Waals surface area contributed by atoms with Gasteiger partial charge in [0.15, 0.2) is 5.78 Å².